The Morgan fingerprint density at radius 2 is 2.18 bits per heavy atom. The van der Waals surface area contributed by atoms with Crippen LogP contribution in [0, 0.1) is 0 Å². The summed E-state index contributed by atoms with van der Waals surface area (Å²) in [6.45, 7) is 5.64. The topological polar surface area (TPSA) is 55.1 Å². The average Bonchev–Trinajstić information content (AvgIpc) is 2.31. The molecule has 1 amide bonds. The van der Waals surface area contributed by atoms with Crippen LogP contribution in [0.4, 0.5) is 5.69 Å². The van der Waals surface area contributed by atoms with Crippen LogP contribution in [-0.4, -0.2) is 5.91 Å². The predicted molar refractivity (Wildman–Crippen MR) is 72.1 cm³/mol. The molecule has 3 heteroatoms. The molecule has 0 fully saturated rings. The van der Waals surface area contributed by atoms with Crippen molar-refractivity contribution < 1.29 is 4.79 Å². The van der Waals surface area contributed by atoms with E-state index in [0.29, 0.717) is 17.8 Å². The summed E-state index contributed by atoms with van der Waals surface area (Å²) in [5.41, 5.74) is 8.04. The van der Waals surface area contributed by atoms with Gasteiger partial charge < -0.3 is 11.1 Å². The van der Waals surface area contributed by atoms with Gasteiger partial charge in [-0.25, -0.2) is 0 Å². The lowest BCUT2D eigenvalue weighted by Gasteiger charge is -2.06. The van der Waals surface area contributed by atoms with E-state index in [1.807, 2.05) is 37.3 Å². The number of nitrogen functional groups attached to an aromatic ring is 1. The Morgan fingerprint density at radius 1 is 1.47 bits per heavy atom. The van der Waals surface area contributed by atoms with E-state index in [9.17, 15) is 4.79 Å². The highest BCUT2D eigenvalue weighted by atomic mass is 16.1. The minimum Gasteiger partial charge on any atom is -0.398 e. The molecule has 0 unspecified atom stereocenters. The van der Waals surface area contributed by atoms with Gasteiger partial charge in [-0.05, 0) is 30.2 Å². The Morgan fingerprint density at radius 3 is 2.76 bits per heavy atom. The number of amides is 1. The molecule has 0 aromatic heterocycles. The summed E-state index contributed by atoms with van der Waals surface area (Å²) < 4.78 is 0. The number of benzene rings is 1. The lowest BCUT2D eigenvalue weighted by Crippen LogP contribution is -2.20. The third kappa shape index (κ3) is 4.15. The molecule has 0 aliphatic rings. The average molecular weight is 230 g/mol. The molecule has 90 valence electrons. The first-order valence-electron chi connectivity index (χ1n) is 5.66. The Balaban J connectivity index is 2.84. The second kappa shape index (κ2) is 6.53. The number of hydrogen-bond acceptors (Lipinski definition) is 2. The highest BCUT2D eigenvalue weighted by Crippen LogP contribution is 2.14. The summed E-state index contributed by atoms with van der Waals surface area (Å²) in [5.74, 6) is -0.00634. The molecule has 0 bridgehead atoms. The summed E-state index contributed by atoms with van der Waals surface area (Å²) in [5, 5.41) is 2.79. The third-order valence-corrected chi connectivity index (χ3v) is 2.29. The number of allylic oxidation sites excluding steroid dienone is 1. The molecule has 0 spiro atoms. The van der Waals surface area contributed by atoms with Crippen LogP contribution in [0.1, 0.15) is 25.3 Å². The number of para-hydroxylation sites is 1. The van der Waals surface area contributed by atoms with Crippen LogP contribution in [0.25, 0.3) is 6.08 Å². The lowest BCUT2D eigenvalue weighted by molar-refractivity contribution is -0.120. The zero-order valence-electron chi connectivity index (χ0n) is 10.1. The van der Waals surface area contributed by atoms with Gasteiger partial charge in [0.15, 0.2) is 0 Å². The van der Waals surface area contributed by atoms with E-state index in [2.05, 4.69) is 11.9 Å². The molecule has 0 atom stereocenters. The van der Waals surface area contributed by atoms with E-state index in [1.54, 1.807) is 6.08 Å². The zero-order valence-corrected chi connectivity index (χ0v) is 10.1. The van der Waals surface area contributed by atoms with Gasteiger partial charge in [-0.15, -0.1) is 0 Å². The summed E-state index contributed by atoms with van der Waals surface area (Å²) in [4.78, 5) is 11.5. The second-order valence-electron chi connectivity index (χ2n) is 3.73. The Hall–Kier alpha value is -2.03. The molecule has 0 heterocycles. The van der Waals surface area contributed by atoms with Crippen LogP contribution in [0.2, 0.25) is 0 Å². The van der Waals surface area contributed by atoms with Gasteiger partial charge in [0.1, 0.15) is 0 Å². The third-order valence-electron chi connectivity index (χ3n) is 2.29. The maximum absolute atomic E-state index is 11.5. The van der Waals surface area contributed by atoms with Crippen molar-refractivity contribution in [3.8, 4) is 0 Å². The first-order valence-corrected chi connectivity index (χ1v) is 5.66. The molecule has 0 aliphatic heterocycles. The summed E-state index contributed by atoms with van der Waals surface area (Å²) >= 11 is 0. The molecule has 0 saturated heterocycles. The molecule has 0 saturated carbocycles. The molecule has 17 heavy (non-hydrogen) atoms. The van der Waals surface area contributed by atoms with E-state index in [4.69, 9.17) is 5.73 Å². The van der Waals surface area contributed by atoms with Gasteiger partial charge in [-0.2, -0.15) is 0 Å². The molecular formula is C14H18N2O. The predicted octanol–water partition coefficient (Wildman–Crippen LogP) is 2.71. The SMILES string of the molecule is C=C/C(=C\c1ccccc1N)NC(=O)CCC. The highest BCUT2D eigenvalue weighted by Gasteiger charge is 2.01. The number of carbonyl (C=O) groups excluding carboxylic acids is 1. The smallest absolute Gasteiger partial charge is 0.224 e. The molecule has 0 radical (unpaired) electrons. The fourth-order valence-electron chi connectivity index (χ4n) is 1.41. The van der Waals surface area contributed by atoms with Gasteiger partial charge in [-0.3, -0.25) is 4.79 Å². The standard InChI is InChI=1S/C14H18N2O/c1-3-7-14(17)16-12(4-2)10-11-8-5-6-9-13(11)15/h4-6,8-10H,2-3,7,15H2,1H3,(H,16,17)/b12-10+. The molecule has 0 aliphatic carbocycles. The van der Waals surface area contributed by atoms with E-state index in [-0.39, 0.29) is 5.91 Å². The Kier molecular flexibility index (Phi) is 5.01. The van der Waals surface area contributed by atoms with Crippen molar-refractivity contribution in [2.45, 2.75) is 19.8 Å². The van der Waals surface area contributed by atoms with Crippen LogP contribution in [0.3, 0.4) is 0 Å². The van der Waals surface area contributed by atoms with Crippen molar-refractivity contribution in [2.24, 2.45) is 0 Å². The van der Waals surface area contributed by atoms with Crippen LogP contribution in [0.15, 0.2) is 42.6 Å². The van der Waals surface area contributed by atoms with Gasteiger partial charge in [0, 0.05) is 17.8 Å². The number of nitrogens with two attached hydrogens (primary N) is 1. The molecule has 1 aromatic rings. The van der Waals surface area contributed by atoms with Gasteiger partial charge in [0.05, 0.1) is 0 Å². The largest absolute Gasteiger partial charge is 0.398 e. The van der Waals surface area contributed by atoms with E-state index >= 15 is 0 Å². The molecular weight excluding hydrogens is 212 g/mol. The summed E-state index contributed by atoms with van der Waals surface area (Å²) in [6, 6.07) is 7.48. The van der Waals surface area contributed by atoms with Crippen LogP contribution < -0.4 is 11.1 Å². The zero-order chi connectivity index (χ0) is 12.7. The van der Waals surface area contributed by atoms with Crippen LogP contribution >= 0.6 is 0 Å². The molecule has 1 aromatic carbocycles. The van der Waals surface area contributed by atoms with E-state index in [1.165, 1.54) is 0 Å². The first kappa shape index (κ1) is 13.0. The van der Waals surface area contributed by atoms with E-state index in [0.717, 1.165) is 12.0 Å². The van der Waals surface area contributed by atoms with Gasteiger partial charge in [0.25, 0.3) is 0 Å². The highest BCUT2D eigenvalue weighted by molar-refractivity contribution is 5.80. The number of nitrogens with one attached hydrogen (secondary N) is 1. The molecule has 3 nitrogen and oxygen atoms in total. The van der Waals surface area contributed by atoms with Crippen molar-refractivity contribution in [3.63, 3.8) is 0 Å². The number of carbonyl (C=O) groups is 1. The first-order chi connectivity index (χ1) is 8.17. The minimum atomic E-state index is -0.00634. The van der Waals surface area contributed by atoms with Gasteiger partial charge in [0.2, 0.25) is 5.91 Å². The maximum atomic E-state index is 11.5. The Labute approximate surface area is 102 Å². The number of hydrogen-bond donors (Lipinski definition) is 2. The van der Waals surface area contributed by atoms with Gasteiger partial charge in [-0.1, -0.05) is 31.7 Å². The minimum absolute atomic E-state index is 0.00634. The van der Waals surface area contributed by atoms with Crippen molar-refractivity contribution in [1.82, 2.24) is 5.32 Å². The van der Waals surface area contributed by atoms with Crippen molar-refractivity contribution >= 4 is 17.7 Å². The lowest BCUT2D eigenvalue weighted by atomic mass is 10.1. The second-order valence-corrected chi connectivity index (χ2v) is 3.73. The fourth-order valence-corrected chi connectivity index (χ4v) is 1.41. The maximum Gasteiger partial charge on any atom is 0.224 e. The van der Waals surface area contributed by atoms with E-state index < -0.39 is 0 Å². The van der Waals surface area contributed by atoms with Crippen LogP contribution in [-0.2, 0) is 4.79 Å². The fraction of sp³-hybridized carbons (Fsp3) is 0.214. The Bertz CT molecular complexity index is 436. The number of anilines is 1. The summed E-state index contributed by atoms with van der Waals surface area (Å²) in [7, 11) is 0. The normalized spacial score (nSPS) is 11.0. The monoisotopic (exact) mass is 230 g/mol. The molecule has 3 N–H and O–H groups in total. The van der Waals surface area contributed by atoms with Crippen molar-refractivity contribution in [3.05, 3.63) is 48.2 Å². The quantitative estimate of drug-likeness (QED) is 0.603. The summed E-state index contributed by atoms with van der Waals surface area (Å²) in [6.07, 6.45) is 4.76. The van der Waals surface area contributed by atoms with Crippen LogP contribution in [0.5, 0.6) is 0 Å². The van der Waals surface area contributed by atoms with Gasteiger partial charge >= 0.3 is 0 Å². The van der Waals surface area contributed by atoms with Crippen molar-refractivity contribution in [2.75, 3.05) is 5.73 Å². The molecule has 1 rings (SSSR count). The number of rotatable bonds is 5. The van der Waals surface area contributed by atoms with Crippen molar-refractivity contribution in [1.29, 1.82) is 0 Å².